The van der Waals surface area contributed by atoms with Crippen LogP contribution in [0.4, 0.5) is 0 Å². The van der Waals surface area contributed by atoms with Gasteiger partial charge >= 0.3 is 0 Å². The minimum atomic E-state index is 0.482. The Balaban J connectivity index is 1.60. The molecule has 0 amide bonds. The zero-order valence-electron chi connectivity index (χ0n) is 13.7. The minimum absolute atomic E-state index is 0.482. The molecule has 0 spiro atoms. The summed E-state index contributed by atoms with van der Waals surface area (Å²) < 4.78 is 2.29. The molecule has 2 aromatic rings. The maximum Gasteiger partial charge on any atom is 0.123 e. The molecule has 22 heavy (non-hydrogen) atoms. The fourth-order valence-corrected chi connectivity index (χ4v) is 3.43. The topological polar surface area (TPSA) is 34.0 Å². The molecule has 1 aliphatic heterocycles. The van der Waals surface area contributed by atoms with Crippen molar-refractivity contribution in [3.8, 4) is 0 Å². The zero-order valence-corrected chi connectivity index (χ0v) is 13.7. The van der Waals surface area contributed by atoms with Crippen LogP contribution in [0, 0.1) is 0 Å². The lowest BCUT2D eigenvalue weighted by Gasteiger charge is -2.25. The van der Waals surface area contributed by atoms with Crippen LogP contribution in [0.1, 0.15) is 50.5 Å². The molecule has 0 aromatic carbocycles. The van der Waals surface area contributed by atoms with Crippen molar-refractivity contribution in [2.45, 2.75) is 58.2 Å². The molecule has 1 aliphatic rings. The summed E-state index contributed by atoms with van der Waals surface area (Å²) in [6.45, 7) is 6.62. The molecule has 0 N–H and O–H groups in total. The van der Waals surface area contributed by atoms with E-state index in [0.29, 0.717) is 12.1 Å². The van der Waals surface area contributed by atoms with E-state index in [-0.39, 0.29) is 0 Å². The lowest BCUT2D eigenvalue weighted by molar-refractivity contribution is 0.225. The predicted octanol–water partition coefficient (Wildman–Crippen LogP) is 3.46. The monoisotopic (exact) mass is 298 g/mol. The van der Waals surface area contributed by atoms with Crippen LogP contribution >= 0.6 is 0 Å². The molecule has 3 rings (SSSR count). The Kier molecular flexibility index (Phi) is 4.88. The Morgan fingerprint density at radius 2 is 2.05 bits per heavy atom. The van der Waals surface area contributed by atoms with E-state index in [1.807, 2.05) is 18.6 Å². The second-order valence-electron chi connectivity index (χ2n) is 6.51. The number of likely N-dealkylation sites (tertiary alicyclic amines) is 1. The van der Waals surface area contributed by atoms with Crippen LogP contribution in [0.5, 0.6) is 0 Å². The quantitative estimate of drug-likeness (QED) is 0.819. The molecule has 1 atom stereocenters. The molecule has 0 unspecified atom stereocenters. The van der Waals surface area contributed by atoms with Gasteiger partial charge in [0.15, 0.2) is 0 Å². The molecule has 4 nitrogen and oxygen atoms in total. The first kappa shape index (κ1) is 15.2. The molecule has 1 saturated heterocycles. The number of nitrogens with zero attached hydrogens (tertiary/aromatic N) is 4. The van der Waals surface area contributed by atoms with Gasteiger partial charge in [0.2, 0.25) is 0 Å². The average molecular weight is 298 g/mol. The first-order valence-electron chi connectivity index (χ1n) is 8.38. The second kappa shape index (κ2) is 7.05. The first-order chi connectivity index (χ1) is 10.7. The SMILES string of the molecule is CC(C)n1ccnc1CN1CCC[C@@H]1CCc1ccncc1. The third-order valence-corrected chi connectivity index (χ3v) is 4.66. The summed E-state index contributed by atoms with van der Waals surface area (Å²) in [5, 5.41) is 0. The van der Waals surface area contributed by atoms with E-state index >= 15 is 0 Å². The van der Waals surface area contributed by atoms with Crippen LogP contribution in [0.3, 0.4) is 0 Å². The van der Waals surface area contributed by atoms with Crippen molar-refractivity contribution in [1.29, 1.82) is 0 Å². The van der Waals surface area contributed by atoms with Crippen LogP contribution in [0.25, 0.3) is 0 Å². The summed E-state index contributed by atoms with van der Waals surface area (Å²) in [5.41, 5.74) is 1.39. The van der Waals surface area contributed by atoms with E-state index in [4.69, 9.17) is 0 Å². The van der Waals surface area contributed by atoms with E-state index in [1.54, 1.807) is 0 Å². The van der Waals surface area contributed by atoms with Gasteiger partial charge < -0.3 is 4.57 Å². The number of hydrogen-bond donors (Lipinski definition) is 0. The molecule has 0 aliphatic carbocycles. The van der Waals surface area contributed by atoms with Gasteiger partial charge in [0, 0.05) is 36.9 Å². The molecule has 2 aromatic heterocycles. The lowest BCUT2D eigenvalue weighted by Crippen LogP contribution is -2.30. The summed E-state index contributed by atoms with van der Waals surface area (Å²) >= 11 is 0. The second-order valence-corrected chi connectivity index (χ2v) is 6.51. The Hall–Kier alpha value is -1.68. The van der Waals surface area contributed by atoms with E-state index in [9.17, 15) is 0 Å². The van der Waals surface area contributed by atoms with Crippen molar-refractivity contribution in [3.05, 3.63) is 48.3 Å². The summed E-state index contributed by atoms with van der Waals surface area (Å²) in [6.07, 6.45) is 12.8. The largest absolute Gasteiger partial charge is 0.331 e. The van der Waals surface area contributed by atoms with Crippen molar-refractivity contribution >= 4 is 0 Å². The number of imidazole rings is 1. The van der Waals surface area contributed by atoms with Gasteiger partial charge in [-0.25, -0.2) is 4.98 Å². The predicted molar refractivity (Wildman–Crippen MR) is 88.6 cm³/mol. The molecular formula is C18H26N4. The number of hydrogen-bond acceptors (Lipinski definition) is 3. The number of rotatable bonds is 6. The average Bonchev–Trinajstić information content (AvgIpc) is 3.16. The van der Waals surface area contributed by atoms with E-state index in [0.717, 1.165) is 13.0 Å². The van der Waals surface area contributed by atoms with Gasteiger partial charge in [-0.15, -0.1) is 0 Å². The molecule has 1 fully saturated rings. The highest BCUT2D eigenvalue weighted by Crippen LogP contribution is 2.24. The number of aryl methyl sites for hydroxylation is 1. The fraction of sp³-hybridized carbons (Fsp3) is 0.556. The molecule has 0 saturated carbocycles. The van der Waals surface area contributed by atoms with E-state index in [1.165, 1.54) is 37.2 Å². The maximum absolute atomic E-state index is 4.57. The maximum atomic E-state index is 4.57. The molecule has 0 bridgehead atoms. The van der Waals surface area contributed by atoms with E-state index < -0.39 is 0 Å². The van der Waals surface area contributed by atoms with Crippen LogP contribution < -0.4 is 0 Å². The first-order valence-corrected chi connectivity index (χ1v) is 8.38. The molecule has 4 heteroatoms. The molecule has 118 valence electrons. The van der Waals surface area contributed by atoms with Crippen molar-refractivity contribution < 1.29 is 0 Å². The van der Waals surface area contributed by atoms with Crippen LogP contribution in [-0.2, 0) is 13.0 Å². The summed E-state index contributed by atoms with van der Waals surface area (Å²) in [6, 6.07) is 5.43. The Morgan fingerprint density at radius 1 is 1.23 bits per heavy atom. The zero-order chi connectivity index (χ0) is 15.4. The highest BCUT2D eigenvalue weighted by molar-refractivity contribution is 5.10. The van der Waals surface area contributed by atoms with Crippen LogP contribution in [-0.4, -0.2) is 32.0 Å². The van der Waals surface area contributed by atoms with Crippen LogP contribution in [0.15, 0.2) is 36.9 Å². The third-order valence-electron chi connectivity index (χ3n) is 4.66. The van der Waals surface area contributed by atoms with Crippen molar-refractivity contribution in [3.63, 3.8) is 0 Å². The van der Waals surface area contributed by atoms with Gasteiger partial charge in [-0.05, 0) is 63.8 Å². The van der Waals surface area contributed by atoms with Gasteiger partial charge in [-0.3, -0.25) is 9.88 Å². The summed E-state index contributed by atoms with van der Waals surface area (Å²) in [5.74, 6) is 1.20. The van der Waals surface area contributed by atoms with Gasteiger partial charge in [-0.1, -0.05) is 0 Å². The van der Waals surface area contributed by atoms with Crippen molar-refractivity contribution in [1.82, 2.24) is 19.4 Å². The Morgan fingerprint density at radius 3 is 2.82 bits per heavy atom. The molecular weight excluding hydrogens is 272 g/mol. The van der Waals surface area contributed by atoms with E-state index in [2.05, 4.69) is 51.6 Å². The minimum Gasteiger partial charge on any atom is -0.331 e. The smallest absolute Gasteiger partial charge is 0.123 e. The highest BCUT2D eigenvalue weighted by atomic mass is 15.2. The Labute approximate surface area is 133 Å². The normalized spacial score (nSPS) is 19.1. The summed E-state index contributed by atoms with van der Waals surface area (Å²) in [7, 11) is 0. The number of aromatic nitrogens is 3. The molecule has 3 heterocycles. The van der Waals surface area contributed by atoms with Gasteiger partial charge in [0.1, 0.15) is 5.82 Å². The van der Waals surface area contributed by atoms with Crippen LogP contribution in [0.2, 0.25) is 0 Å². The number of pyridine rings is 1. The highest BCUT2D eigenvalue weighted by Gasteiger charge is 2.25. The lowest BCUT2D eigenvalue weighted by atomic mass is 10.0. The third kappa shape index (κ3) is 3.55. The molecule has 0 radical (unpaired) electrons. The van der Waals surface area contributed by atoms with Gasteiger partial charge in [0.05, 0.1) is 6.54 Å². The van der Waals surface area contributed by atoms with Crippen molar-refractivity contribution in [2.75, 3.05) is 6.54 Å². The Bertz CT molecular complexity index is 576. The van der Waals surface area contributed by atoms with Gasteiger partial charge in [-0.2, -0.15) is 0 Å². The van der Waals surface area contributed by atoms with Gasteiger partial charge in [0.25, 0.3) is 0 Å². The fourth-order valence-electron chi connectivity index (χ4n) is 3.43. The van der Waals surface area contributed by atoms with Crippen molar-refractivity contribution in [2.24, 2.45) is 0 Å². The summed E-state index contributed by atoms with van der Waals surface area (Å²) in [4.78, 5) is 11.3. The standard InChI is InChI=1S/C18H26N4/c1-15(2)22-13-11-20-18(22)14-21-12-3-4-17(21)6-5-16-7-9-19-10-8-16/h7-11,13,15,17H,3-6,12,14H2,1-2H3/t17-/m1/s1.